The number of carbonyl (C=O) groups is 1. The smallest absolute Gasteiger partial charge is 0.339 e. The minimum absolute atomic E-state index is 0.0812. The van der Waals surface area contributed by atoms with Crippen LogP contribution in [0.1, 0.15) is 23.7 Å². The molecular formula is C11H13BrO4. The summed E-state index contributed by atoms with van der Waals surface area (Å²) in [4.78, 5) is 10.9. The molecule has 1 unspecified atom stereocenters. The van der Waals surface area contributed by atoms with Gasteiger partial charge in [0, 0.05) is 0 Å². The summed E-state index contributed by atoms with van der Waals surface area (Å²) >= 11 is 3.22. The number of aliphatic hydroxyl groups is 1. The first-order chi connectivity index (χ1) is 7.56. The number of aliphatic hydroxyl groups excluding tert-OH is 1. The Morgan fingerprint density at radius 1 is 1.56 bits per heavy atom. The van der Waals surface area contributed by atoms with Crippen molar-refractivity contribution < 1.29 is 19.7 Å². The Balaban J connectivity index is 2.88. The van der Waals surface area contributed by atoms with Crippen molar-refractivity contribution in [3.05, 3.63) is 28.2 Å². The summed E-state index contributed by atoms with van der Waals surface area (Å²) in [7, 11) is 0. The van der Waals surface area contributed by atoms with E-state index in [-0.39, 0.29) is 17.9 Å². The zero-order valence-electron chi connectivity index (χ0n) is 8.81. The molecular weight excluding hydrogens is 276 g/mol. The lowest BCUT2D eigenvalue weighted by Gasteiger charge is -2.13. The fraction of sp³-hybridized carbons (Fsp3) is 0.364. The van der Waals surface area contributed by atoms with Crippen molar-refractivity contribution in [2.45, 2.75) is 19.4 Å². The predicted octanol–water partition coefficient (Wildman–Crippen LogP) is 2.30. The molecule has 0 aliphatic heterocycles. The molecule has 0 radical (unpaired) electrons. The standard InChI is InChI=1S/C11H13BrO4/c1-2-7(13)6-16-10-8(11(14)15)4-3-5-9(10)12/h3-5,7,13H,2,6H2,1H3,(H,14,15). The fourth-order valence-corrected chi connectivity index (χ4v) is 1.60. The van der Waals surface area contributed by atoms with Gasteiger partial charge in [0.25, 0.3) is 0 Å². The van der Waals surface area contributed by atoms with E-state index in [0.717, 1.165) is 0 Å². The third-order valence-corrected chi connectivity index (χ3v) is 2.71. The number of halogens is 1. The summed E-state index contributed by atoms with van der Waals surface area (Å²) in [6.07, 6.45) is -0.0268. The van der Waals surface area contributed by atoms with Crippen LogP contribution < -0.4 is 4.74 Å². The van der Waals surface area contributed by atoms with Crippen molar-refractivity contribution in [1.29, 1.82) is 0 Å². The van der Waals surface area contributed by atoms with Crippen LogP contribution in [0, 0.1) is 0 Å². The van der Waals surface area contributed by atoms with Gasteiger partial charge in [-0.15, -0.1) is 0 Å². The summed E-state index contributed by atoms with van der Waals surface area (Å²) in [5.41, 5.74) is 0.0812. The molecule has 0 saturated heterocycles. The Morgan fingerprint density at radius 3 is 2.81 bits per heavy atom. The molecule has 0 fully saturated rings. The van der Waals surface area contributed by atoms with Gasteiger partial charge in [-0.3, -0.25) is 0 Å². The molecule has 0 aliphatic carbocycles. The number of para-hydroxylation sites is 1. The second-order valence-electron chi connectivity index (χ2n) is 3.29. The largest absolute Gasteiger partial charge is 0.489 e. The maximum Gasteiger partial charge on any atom is 0.339 e. The summed E-state index contributed by atoms with van der Waals surface area (Å²) in [5.74, 6) is -0.801. The highest BCUT2D eigenvalue weighted by Crippen LogP contribution is 2.29. The van der Waals surface area contributed by atoms with E-state index in [2.05, 4.69) is 15.9 Å². The summed E-state index contributed by atoms with van der Waals surface area (Å²) in [5, 5.41) is 18.3. The Kier molecular flexibility index (Phi) is 4.76. The lowest BCUT2D eigenvalue weighted by Crippen LogP contribution is -2.17. The van der Waals surface area contributed by atoms with Crippen molar-refractivity contribution in [3.63, 3.8) is 0 Å². The van der Waals surface area contributed by atoms with Crippen LogP contribution in [0.2, 0.25) is 0 Å². The molecule has 1 aromatic carbocycles. The van der Waals surface area contributed by atoms with Crippen molar-refractivity contribution in [3.8, 4) is 5.75 Å². The Morgan fingerprint density at radius 2 is 2.25 bits per heavy atom. The van der Waals surface area contributed by atoms with Crippen LogP contribution in [-0.2, 0) is 0 Å². The van der Waals surface area contributed by atoms with Crippen LogP contribution in [0.3, 0.4) is 0 Å². The molecule has 0 saturated carbocycles. The molecule has 16 heavy (non-hydrogen) atoms. The Hall–Kier alpha value is -1.07. The van der Waals surface area contributed by atoms with Gasteiger partial charge in [-0.1, -0.05) is 13.0 Å². The Labute approximate surface area is 102 Å². The van der Waals surface area contributed by atoms with E-state index < -0.39 is 12.1 Å². The van der Waals surface area contributed by atoms with Gasteiger partial charge in [0.05, 0.1) is 10.6 Å². The van der Waals surface area contributed by atoms with E-state index in [1.165, 1.54) is 6.07 Å². The fourth-order valence-electron chi connectivity index (χ4n) is 1.12. The number of benzene rings is 1. The molecule has 0 spiro atoms. The third-order valence-electron chi connectivity index (χ3n) is 2.09. The minimum Gasteiger partial charge on any atom is -0.489 e. The van der Waals surface area contributed by atoms with Gasteiger partial charge < -0.3 is 14.9 Å². The first kappa shape index (κ1) is 13.0. The molecule has 4 nitrogen and oxygen atoms in total. The normalized spacial score (nSPS) is 12.2. The van der Waals surface area contributed by atoms with Crippen molar-refractivity contribution >= 4 is 21.9 Å². The van der Waals surface area contributed by atoms with Crippen LogP contribution in [0.25, 0.3) is 0 Å². The molecule has 5 heteroatoms. The van der Waals surface area contributed by atoms with Crippen molar-refractivity contribution in [2.75, 3.05) is 6.61 Å². The second kappa shape index (κ2) is 5.86. The van der Waals surface area contributed by atoms with E-state index in [0.29, 0.717) is 10.9 Å². The maximum absolute atomic E-state index is 10.9. The molecule has 1 rings (SSSR count). The molecule has 1 atom stereocenters. The number of rotatable bonds is 5. The first-order valence-corrected chi connectivity index (χ1v) is 5.68. The predicted molar refractivity (Wildman–Crippen MR) is 62.9 cm³/mol. The molecule has 0 aliphatic rings. The van der Waals surface area contributed by atoms with Gasteiger partial charge in [-0.2, -0.15) is 0 Å². The minimum atomic E-state index is -1.05. The molecule has 2 N–H and O–H groups in total. The van der Waals surface area contributed by atoms with Gasteiger partial charge >= 0.3 is 5.97 Å². The van der Waals surface area contributed by atoms with Crippen LogP contribution >= 0.6 is 15.9 Å². The van der Waals surface area contributed by atoms with Crippen LogP contribution in [0.4, 0.5) is 0 Å². The lowest BCUT2D eigenvalue weighted by atomic mass is 10.2. The highest BCUT2D eigenvalue weighted by atomic mass is 79.9. The number of hydrogen-bond donors (Lipinski definition) is 2. The van der Waals surface area contributed by atoms with Gasteiger partial charge in [0.15, 0.2) is 0 Å². The molecule has 0 aromatic heterocycles. The molecule has 0 amide bonds. The quantitative estimate of drug-likeness (QED) is 0.872. The molecule has 0 bridgehead atoms. The van der Waals surface area contributed by atoms with Gasteiger partial charge in [0.1, 0.15) is 17.9 Å². The van der Waals surface area contributed by atoms with Crippen molar-refractivity contribution in [2.24, 2.45) is 0 Å². The molecule has 1 aromatic rings. The average molecular weight is 289 g/mol. The van der Waals surface area contributed by atoms with E-state index in [1.807, 2.05) is 6.92 Å². The van der Waals surface area contributed by atoms with Crippen LogP contribution in [0.15, 0.2) is 22.7 Å². The number of carboxylic acid groups (broad SMARTS) is 1. The monoisotopic (exact) mass is 288 g/mol. The number of aromatic carboxylic acids is 1. The third kappa shape index (κ3) is 3.21. The average Bonchev–Trinajstić information content (AvgIpc) is 2.26. The van der Waals surface area contributed by atoms with E-state index >= 15 is 0 Å². The zero-order valence-corrected chi connectivity index (χ0v) is 10.4. The van der Waals surface area contributed by atoms with Gasteiger partial charge in [-0.05, 0) is 34.5 Å². The van der Waals surface area contributed by atoms with E-state index in [1.54, 1.807) is 12.1 Å². The number of hydrogen-bond acceptors (Lipinski definition) is 3. The van der Waals surface area contributed by atoms with Crippen molar-refractivity contribution in [1.82, 2.24) is 0 Å². The van der Waals surface area contributed by atoms with Crippen LogP contribution in [-0.4, -0.2) is 28.9 Å². The number of carboxylic acids is 1. The summed E-state index contributed by atoms with van der Waals surface area (Å²) < 4.78 is 5.87. The maximum atomic E-state index is 10.9. The molecule has 88 valence electrons. The zero-order chi connectivity index (χ0) is 12.1. The SMILES string of the molecule is CCC(O)COc1c(Br)cccc1C(=O)O. The topological polar surface area (TPSA) is 66.8 Å². The van der Waals surface area contributed by atoms with Gasteiger partial charge in [0.2, 0.25) is 0 Å². The second-order valence-corrected chi connectivity index (χ2v) is 4.15. The number of ether oxygens (including phenoxy) is 1. The van der Waals surface area contributed by atoms with E-state index in [4.69, 9.17) is 9.84 Å². The van der Waals surface area contributed by atoms with Gasteiger partial charge in [-0.25, -0.2) is 4.79 Å². The highest BCUT2D eigenvalue weighted by Gasteiger charge is 2.15. The highest BCUT2D eigenvalue weighted by molar-refractivity contribution is 9.10. The Bertz CT molecular complexity index is 378. The summed E-state index contributed by atoms with van der Waals surface area (Å²) in [6.45, 7) is 1.91. The lowest BCUT2D eigenvalue weighted by molar-refractivity contribution is 0.0681. The van der Waals surface area contributed by atoms with Crippen LogP contribution in [0.5, 0.6) is 5.75 Å². The first-order valence-electron chi connectivity index (χ1n) is 4.89. The molecule has 0 heterocycles. The van der Waals surface area contributed by atoms with E-state index in [9.17, 15) is 9.90 Å². The summed E-state index contributed by atoms with van der Waals surface area (Å²) in [6, 6.07) is 4.78.